The Morgan fingerprint density at radius 1 is 0.576 bits per heavy atom. The fraction of sp³-hybridized carbons (Fsp3) is 0.660. The van der Waals surface area contributed by atoms with Gasteiger partial charge in [-0.05, 0) is 89.9 Å². The van der Waals surface area contributed by atoms with Gasteiger partial charge in [-0.3, -0.25) is 13.8 Å². The number of aliphatic hydroxyl groups excluding tert-OH is 1. The summed E-state index contributed by atoms with van der Waals surface area (Å²) in [4.78, 5) is 22.8. The monoisotopic (exact) mass is 843 g/mol. The number of aliphatic hydroxyl groups is 1. The van der Waals surface area contributed by atoms with Gasteiger partial charge in [-0.15, -0.1) is 0 Å². The Morgan fingerprint density at radius 2 is 1.00 bits per heavy atom. The summed E-state index contributed by atoms with van der Waals surface area (Å²) in [7, 11) is -4.36. The van der Waals surface area contributed by atoms with Gasteiger partial charge in [0.1, 0.15) is 0 Å². The van der Waals surface area contributed by atoms with Crippen molar-refractivity contribution in [2.45, 2.75) is 193 Å². The van der Waals surface area contributed by atoms with E-state index in [4.69, 9.17) is 14.8 Å². The number of carbonyl (C=O) groups excluding carboxylic acids is 1. The fourth-order valence-electron chi connectivity index (χ4n) is 6.13. The first-order valence-electron chi connectivity index (χ1n) is 23.4. The molecule has 0 fully saturated rings. The van der Waals surface area contributed by atoms with E-state index in [1.165, 1.54) is 70.6 Å². The molecule has 0 bridgehead atoms. The van der Waals surface area contributed by atoms with Gasteiger partial charge in [0, 0.05) is 13.0 Å². The van der Waals surface area contributed by atoms with E-state index in [0.29, 0.717) is 6.42 Å². The van der Waals surface area contributed by atoms with Crippen molar-refractivity contribution in [3.05, 3.63) is 97.2 Å². The number of carbonyl (C=O) groups is 1. The van der Waals surface area contributed by atoms with Gasteiger partial charge < -0.3 is 21.1 Å². The Kier molecular flexibility index (Phi) is 43.0. The van der Waals surface area contributed by atoms with Gasteiger partial charge >= 0.3 is 7.82 Å². The molecule has 0 aliphatic heterocycles. The van der Waals surface area contributed by atoms with Crippen LogP contribution in [0.1, 0.15) is 181 Å². The number of hydrogen-bond donors (Lipinski definition) is 4. The molecule has 0 heterocycles. The number of allylic oxidation sites excluding steroid dienone is 15. The first kappa shape index (κ1) is 56.4. The highest BCUT2D eigenvalue weighted by atomic mass is 31.2. The number of unbranched alkanes of at least 4 members (excludes halogenated alkanes) is 16. The summed E-state index contributed by atoms with van der Waals surface area (Å²) in [6.45, 7) is 3.96. The third-order valence-electron chi connectivity index (χ3n) is 9.62. The minimum Gasteiger partial charge on any atom is -0.387 e. The number of rotatable bonds is 42. The Bertz CT molecular complexity index is 1240. The van der Waals surface area contributed by atoms with E-state index in [0.717, 1.165) is 89.9 Å². The van der Waals surface area contributed by atoms with Gasteiger partial charge in [-0.25, -0.2) is 4.57 Å². The number of phosphoric acid groups is 1. The molecule has 3 atom stereocenters. The van der Waals surface area contributed by atoms with Gasteiger partial charge in [0.25, 0.3) is 0 Å². The van der Waals surface area contributed by atoms with Crippen molar-refractivity contribution in [3.8, 4) is 0 Å². The molecule has 1 amide bonds. The molecule has 0 saturated heterocycles. The average Bonchev–Trinajstić information content (AvgIpc) is 3.22. The number of nitrogens with one attached hydrogen (secondary N) is 1. The standard InChI is InChI=1S/C50H87N2O6P/c1-3-5-7-9-11-13-15-17-19-21-22-23-24-25-26-28-30-32-34-36-38-40-42-44-50(54)52-48(47-58-59(55,56)57-46-45-51)49(53)43-41-39-37-35-33-31-29-27-20-18-16-14-12-10-8-6-4-2/h5,7,11,13,17,19-20,22-23,25-27,33,35,41,43,48-49,53H,3-4,6,8-10,12,14-16,18,21,24,28-32,34,36-40,42,44-47,51H2,1-2H3,(H,52,54)(H,55,56)/b7-5-,13-11-,19-17-,23-22-,26-25-,27-20+,35-33+,43-41+. The highest BCUT2D eigenvalue weighted by molar-refractivity contribution is 7.47. The maximum atomic E-state index is 12.8. The fourth-order valence-corrected chi connectivity index (χ4v) is 6.89. The quantitative estimate of drug-likeness (QED) is 0.0273. The first-order valence-corrected chi connectivity index (χ1v) is 24.9. The van der Waals surface area contributed by atoms with Crippen molar-refractivity contribution in [1.29, 1.82) is 0 Å². The van der Waals surface area contributed by atoms with Crippen LogP contribution in [0.15, 0.2) is 97.2 Å². The van der Waals surface area contributed by atoms with Crippen molar-refractivity contribution in [2.24, 2.45) is 5.73 Å². The smallest absolute Gasteiger partial charge is 0.387 e. The molecule has 5 N–H and O–H groups in total. The second-order valence-electron chi connectivity index (χ2n) is 15.2. The second kappa shape index (κ2) is 45.0. The lowest BCUT2D eigenvalue weighted by Gasteiger charge is -2.23. The summed E-state index contributed by atoms with van der Waals surface area (Å²) >= 11 is 0. The molecular weight excluding hydrogens is 756 g/mol. The number of amides is 1. The maximum Gasteiger partial charge on any atom is 0.472 e. The molecule has 8 nitrogen and oxygen atoms in total. The van der Waals surface area contributed by atoms with Crippen molar-refractivity contribution in [1.82, 2.24) is 5.32 Å². The van der Waals surface area contributed by atoms with Crippen molar-refractivity contribution < 1.29 is 28.4 Å². The summed E-state index contributed by atoms with van der Waals surface area (Å²) < 4.78 is 22.1. The minimum absolute atomic E-state index is 0.0645. The molecule has 0 aromatic heterocycles. The Labute approximate surface area is 362 Å². The number of phosphoric ester groups is 1. The molecule has 0 aromatic carbocycles. The molecule has 59 heavy (non-hydrogen) atoms. The van der Waals surface area contributed by atoms with Crippen LogP contribution >= 0.6 is 7.82 Å². The number of nitrogens with two attached hydrogens (primary N) is 1. The first-order chi connectivity index (χ1) is 28.9. The molecule has 0 spiro atoms. The Morgan fingerprint density at radius 3 is 1.51 bits per heavy atom. The molecular formula is C50H87N2O6P. The van der Waals surface area contributed by atoms with Crippen LogP contribution in [0.5, 0.6) is 0 Å². The van der Waals surface area contributed by atoms with Crippen LogP contribution in [0.4, 0.5) is 0 Å². The van der Waals surface area contributed by atoms with Crippen molar-refractivity contribution in [3.63, 3.8) is 0 Å². The minimum atomic E-state index is -4.36. The van der Waals surface area contributed by atoms with Gasteiger partial charge in [-0.1, -0.05) is 182 Å². The molecule has 0 radical (unpaired) electrons. The predicted molar refractivity (Wildman–Crippen MR) is 253 cm³/mol. The second-order valence-corrected chi connectivity index (χ2v) is 16.7. The van der Waals surface area contributed by atoms with E-state index in [2.05, 4.69) is 104 Å². The molecule has 338 valence electrons. The highest BCUT2D eigenvalue weighted by Crippen LogP contribution is 2.43. The van der Waals surface area contributed by atoms with Gasteiger partial charge in [0.2, 0.25) is 5.91 Å². The lowest BCUT2D eigenvalue weighted by molar-refractivity contribution is -0.123. The molecule has 9 heteroatoms. The molecule has 0 aromatic rings. The van der Waals surface area contributed by atoms with E-state index >= 15 is 0 Å². The molecule has 3 unspecified atom stereocenters. The summed E-state index contributed by atoms with van der Waals surface area (Å²) in [5.41, 5.74) is 5.38. The van der Waals surface area contributed by atoms with Gasteiger partial charge in [-0.2, -0.15) is 0 Å². The van der Waals surface area contributed by atoms with E-state index in [9.17, 15) is 19.4 Å². The van der Waals surface area contributed by atoms with E-state index in [1.54, 1.807) is 6.08 Å². The summed E-state index contributed by atoms with van der Waals surface area (Å²) in [6.07, 6.45) is 61.7. The van der Waals surface area contributed by atoms with Crippen LogP contribution in [-0.4, -0.2) is 47.8 Å². The zero-order valence-electron chi connectivity index (χ0n) is 37.5. The van der Waals surface area contributed by atoms with Crippen molar-refractivity contribution in [2.75, 3.05) is 19.8 Å². The molecule has 0 aliphatic carbocycles. The lowest BCUT2D eigenvalue weighted by atomic mass is 10.1. The summed E-state index contributed by atoms with van der Waals surface area (Å²) in [5.74, 6) is -0.224. The van der Waals surface area contributed by atoms with Crippen molar-refractivity contribution >= 4 is 13.7 Å². The van der Waals surface area contributed by atoms with Gasteiger partial charge in [0.05, 0.1) is 25.4 Å². The lowest BCUT2D eigenvalue weighted by Crippen LogP contribution is -2.45. The summed E-state index contributed by atoms with van der Waals surface area (Å²) in [5, 5.41) is 13.7. The average molecular weight is 843 g/mol. The normalized spacial score (nSPS) is 14.9. The molecule has 0 aliphatic rings. The zero-order chi connectivity index (χ0) is 43.2. The van der Waals surface area contributed by atoms with Crippen LogP contribution in [0.2, 0.25) is 0 Å². The Balaban J connectivity index is 4.27. The Hall–Kier alpha value is -2.58. The SMILES string of the molecule is CC/C=C\C/C=C\C/C=C\C/C=C\C/C=C\CCCCCCCCCC(=O)NC(COP(=O)(O)OCCN)C(O)/C=C/CC/C=C/CC/C=C/CCCCCCCCC. The van der Waals surface area contributed by atoms with Gasteiger partial charge in [0.15, 0.2) is 0 Å². The third kappa shape index (κ3) is 43.3. The molecule has 0 saturated carbocycles. The van der Waals surface area contributed by atoms with Crippen LogP contribution in [0, 0.1) is 0 Å². The van der Waals surface area contributed by atoms with E-state index in [-0.39, 0.29) is 25.7 Å². The number of hydrogen-bond acceptors (Lipinski definition) is 6. The van der Waals surface area contributed by atoms with Crippen LogP contribution in [-0.2, 0) is 18.4 Å². The van der Waals surface area contributed by atoms with E-state index < -0.39 is 20.0 Å². The maximum absolute atomic E-state index is 12.8. The largest absolute Gasteiger partial charge is 0.472 e. The van der Waals surface area contributed by atoms with E-state index in [1.807, 2.05) is 6.08 Å². The zero-order valence-corrected chi connectivity index (χ0v) is 38.3. The van der Waals surface area contributed by atoms with Crippen LogP contribution in [0.3, 0.4) is 0 Å². The topological polar surface area (TPSA) is 131 Å². The summed E-state index contributed by atoms with van der Waals surface area (Å²) in [6, 6.07) is -0.896. The highest BCUT2D eigenvalue weighted by Gasteiger charge is 2.26. The predicted octanol–water partition coefficient (Wildman–Crippen LogP) is 13.6. The third-order valence-corrected chi connectivity index (χ3v) is 10.6. The molecule has 0 rings (SSSR count). The van der Waals surface area contributed by atoms with Crippen LogP contribution in [0.25, 0.3) is 0 Å². The van der Waals surface area contributed by atoms with Crippen LogP contribution < -0.4 is 11.1 Å².